The van der Waals surface area contributed by atoms with E-state index >= 15 is 0 Å². The molecule has 0 spiro atoms. The van der Waals surface area contributed by atoms with Crippen LogP contribution in [0.2, 0.25) is 0 Å². The van der Waals surface area contributed by atoms with Gasteiger partial charge in [0.25, 0.3) is 5.56 Å². The third kappa shape index (κ3) is 2.89. The average molecular weight is 395 g/mol. The van der Waals surface area contributed by atoms with Gasteiger partial charge in [-0.3, -0.25) is 14.0 Å². The number of nitrogens with zero attached hydrogens (tertiary/aromatic N) is 4. The molecule has 1 atom stereocenters. The molecular formula is C19H17N5O3S. The van der Waals surface area contributed by atoms with Gasteiger partial charge in [-0.25, -0.2) is 4.57 Å². The molecule has 28 heavy (non-hydrogen) atoms. The van der Waals surface area contributed by atoms with Crippen LogP contribution in [-0.2, 0) is 4.79 Å². The number of carbonyl (C=O) groups is 1. The number of carbonyl (C=O) groups excluding carboxylic acids is 1. The number of rotatable bonds is 5. The number of hydrogen-bond acceptors (Lipinski definition) is 6. The van der Waals surface area contributed by atoms with E-state index in [1.165, 1.54) is 16.3 Å². The Kier molecular flexibility index (Phi) is 4.52. The molecule has 2 aromatic carbocycles. The molecular weight excluding hydrogens is 378 g/mol. The summed E-state index contributed by atoms with van der Waals surface area (Å²) in [6, 6.07) is 14.3. The van der Waals surface area contributed by atoms with Gasteiger partial charge in [-0.15, -0.1) is 10.2 Å². The maximum atomic E-state index is 13.2. The van der Waals surface area contributed by atoms with Crippen molar-refractivity contribution in [1.82, 2.24) is 19.2 Å². The first-order valence-corrected chi connectivity index (χ1v) is 9.38. The summed E-state index contributed by atoms with van der Waals surface area (Å²) in [5, 5.41) is 8.95. The summed E-state index contributed by atoms with van der Waals surface area (Å²) in [6.45, 7) is 1.70. The molecule has 2 N–H and O–H groups in total. The third-order valence-corrected chi connectivity index (χ3v) is 5.47. The van der Waals surface area contributed by atoms with E-state index in [0.717, 1.165) is 0 Å². The fourth-order valence-electron chi connectivity index (χ4n) is 2.94. The van der Waals surface area contributed by atoms with Crippen LogP contribution in [0, 0.1) is 0 Å². The van der Waals surface area contributed by atoms with Crippen molar-refractivity contribution in [2.45, 2.75) is 17.3 Å². The zero-order valence-corrected chi connectivity index (χ0v) is 16.0. The molecule has 0 saturated carbocycles. The van der Waals surface area contributed by atoms with Gasteiger partial charge in [0.05, 0.1) is 29.0 Å². The minimum absolute atomic E-state index is 0.208. The maximum absolute atomic E-state index is 13.2. The van der Waals surface area contributed by atoms with Crippen molar-refractivity contribution < 1.29 is 9.53 Å². The van der Waals surface area contributed by atoms with Crippen molar-refractivity contribution >= 4 is 34.3 Å². The van der Waals surface area contributed by atoms with E-state index in [-0.39, 0.29) is 5.56 Å². The van der Waals surface area contributed by atoms with Gasteiger partial charge < -0.3 is 10.5 Å². The van der Waals surface area contributed by atoms with Gasteiger partial charge in [0.1, 0.15) is 5.75 Å². The van der Waals surface area contributed by atoms with Crippen molar-refractivity contribution in [3.8, 4) is 11.4 Å². The summed E-state index contributed by atoms with van der Waals surface area (Å²) in [4.78, 5) is 24.7. The fraction of sp³-hybridized carbons (Fsp3) is 0.158. The average Bonchev–Trinajstić information content (AvgIpc) is 3.12. The molecule has 0 saturated heterocycles. The van der Waals surface area contributed by atoms with Gasteiger partial charge in [0, 0.05) is 0 Å². The molecule has 0 fully saturated rings. The van der Waals surface area contributed by atoms with Crippen molar-refractivity contribution in [2.75, 3.05) is 7.11 Å². The number of methoxy groups -OCH3 is 1. The van der Waals surface area contributed by atoms with E-state index < -0.39 is 11.2 Å². The normalized spacial score (nSPS) is 12.4. The first-order valence-electron chi connectivity index (χ1n) is 8.50. The van der Waals surface area contributed by atoms with E-state index in [1.807, 2.05) is 12.1 Å². The minimum atomic E-state index is -0.493. The highest BCUT2D eigenvalue weighted by atomic mass is 32.2. The Balaban J connectivity index is 2.04. The van der Waals surface area contributed by atoms with Gasteiger partial charge in [0.15, 0.2) is 5.16 Å². The van der Waals surface area contributed by atoms with E-state index in [4.69, 9.17) is 10.5 Å². The van der Waals surface area contributed by atoms with Gasteiger partial charge in [0.2, 0.25) is 11.7 Å². The molecule has 0 aliphatic heterocycles. The number of fused-ring (bicyclic) bond motifs is 3. The minimum Gasteiger partial charge on any atom is -0.497 e. The van der Waals surface area contributed by atoms with Crippen LogP contribution in [0.3, 0.4) is 0 Å². The molecule has 0 bridgehead atoms. The quantitative estimate of drug-likeness (QED) is 0.518. The smallest absolute Gasteiger partial charge is 0.267 e. The summed E-state index contributed by atoms with van der Waals surface area (Å²) < 4.78 is 8.46. The van der Waals surface area contributed by atoms with Crippen molar-refractivity contribution in [1.29, 1.82) is 0 Å². The molecule has 1 unspecified atom stereocenters. The van der Waals surface area contributed by atoms with Crippen LogP contribution in [0.4, 0.5) is 0 Å². The highest BCUT2D eigenvalue weighted by molar-refractivity contribution is 8.00. The summed E-state index contributed by atoms with van der Waals surface area (Å²) >= 11 is 1.20. The van der Waals surface area contributed by atoms with Gasteiger partial charge in [-0.1, -0.05) is 23.9 Å². The van der Waals surface area contributed by atoms with Gasteiger partial charge in [-0.05, 0) is 43.3 Å². The highest BCUT2D eigenvalue weighted by Gasteiger charge is 2.20. The van der Waals surface area contributed by atoms with Gasteiger partial charge in [-0.2, -0.15) is 0 Å². The second-order valence-corrected chi connectivity index (χ2v) is 7.44. The Bertz CT molecular complexity index is 1250. The molecule has 4 rings (SSSR count). The highest BCUT2D eigenvalue weighted by Crippen LogP contribution is 2.26. The Morgan fingerprint density at radius 3 is 2.54 bits per heavy atom. The van der Waals surface area contributed by atoms with E-state index in [2.05, 4.69) is 10.2 Å². The van der Waals surface area contributed by atoms with Crippen molar-refractivity contribution in [3.63, 3.8) is 0 Å². The molecule has 8 nitrogen and oxygen atoms in total. The number of primary amides is 1. The lowest BCUT2D eigenvalue weighted by Gasteiger charge is -2.12. The molecule has 2 aromatic heterocycles. The predicted octanol–water partition coefficient (Wildman–Crippen LogP) is 2.01. The van der Waals surface area contributed by atoms with Gasteiger partial charge >= 0.3 is 0 Å². The molecule has 4 aromatic rings. The van der Waals surface area contributed by atoms with Crippen molar-refractivity contribution in [3.05, 3.63) is 58.9 Å². The Morgan fingerprint density at radius 1 is 1.14 bits per heavy atom. The summed E-state index contributed by atoms with van der Waals surface area (Å²) in [5.41, 5.74) is 6.49. The van der Waals surface area contributed by atoms with Crippen LogP contribution >= 0.6 is 11.8 Å². The van der Waals surface area contributed by atoms with Crippen LogP contribution < -0.4 is 16.0 Å². The van der Waals surface area contributed by atoms with Crippen LogP contribution in [0.15, 0.2) is 58.5 Å². The molecule has 0 aliphatic rings. The van der Waals surface area contributed by atoms with Crippen LogP contribution in [0.25, 0.3) is 22.4 Å². The molecule has 0 aliphatic carbocycles. The predicted molar refractivity (Wildman–Crippen MR) is 107 cm³/mol. The standard InChI is InChI=1S/C19H17N5O3S/c1-11(16(20)25)28-19-22-21-18-23(12-7-9-13(27-2)10-8-12)17(26)14-5-3-4-6-15(14)24(18)19/h3-11H,1-2H3,(H2,20,25). The van der Waals surface area contributed by atoms with E-state index in [0.29, 0.717) is 33.3 Å². The number of ether oxygens (including phenoxy) is 1. The molecule has 0 radical (unpaired) electrons. The largest absolute Gasteiger partial charge is 0.497 e. The first-order chi connectivity index (χ1) is 13.5. The number of para-hydroxylation sites is 1. The first kappa shape index (κ1) is 18.1. The van der Waals surface area contributed by atoms with Crippen LogP contribution in [0.5, 0.6) is 5.75 Å². The second-order valence-electron chi connectivity index (χ2n) is 6.14. The maximum Gasteiger partial charge on any atom is 0.267 e. The summed E-state index contributed by atoms with van der Waals surface area (Å²) in [6.07, 6.45) is 0. The van der Waals surface area contributed by atoms with E-state index in [9.17, 15) is 9.59 Å². The number of benzene rings is 2. The number of nitrogens with two attached hydrogens (primary N) is 1. The Morgan fingerprint density at radius 2 is 1.86 bits per heavy atom. The molecule has 142 valence electrons. The van der Waals surface area contributed by atoms with Crippen molar-refractivity contribution in [2.24, 2.45) is 5.73 Å². The number of amides is 1. The Hall–Kier alpha value is -3.33. The molecule has 1 amide bonds. The van der Waals surface area contributed by atoms with Crippen LogP contribution in [-0.4, -0.2) is 37.4 Å². The lowest BCUT2D eigenvalue weighted by Crippen LogP contribution is -2.23. The number of hydrogen-bond donors (Lipinski definition) is 1. The summed E-state index contributed by atoms with van der Waals surface area (Å²) in [7, 11) is 1.58. The second kappa shape index (κ2) is 7.01. The fourth-order valence-corrected chi connectivity index (χ4v) is 3.74. The Labute approximate surface area is 163 Å². The van der Waals surface area contributed by atoms with E-state index in [1.54, 1.807) is 54.8 Å². The monoisotopic (exact) mass is 395 g/mol. The van der Waals surface area contributed by atoms with Crippen LogP contribution in [0.1, 0.15) is 6.92 Å². The third-order valence-electron chi connectivity index (χ3n) is 4.41. The number of thioether (sulfide) groups is 1. The number of aromatic nitrogens is 4. The zero-order chi connectivity index (χ0) is 19.8. The molecule has 9 heteroatoms. The molecule has 2 heterocycles. The zero-order valence-electron chi connectivity index (χ0n) is 15.2. The summed E-state index contributed by atoms with van der Waals surface area (Å²) in [5.74, 6) is 0.587. The lowest BCUT2D eigenvalue weighted by atomic mass is 10.2. The SMILES string of the molecule is COc1ccc(-n2c(=O)c3ccccc3n3c(SC(C)C(N)=O)nnc23)cc1. The topological polar surface area (TPSA) is 105 Å². The lowest BCUT2D eigenvalue weighted by molar-refractivity contribution is -0.117.